The van der Waals surface area contributed by atoms with Gasteiger partial charge in [0.15, 0.2) is 0 Å². The van der Waals surface area contributed by atoms with Gasteiger partial charge in [-0.2, -0.15) is 0 Å². The molecule has 21 heavy (non-hydrogen) atoms. The number of rotatable bonds is 6. The smallest absolute Gasteiger partial charge is 0.247 e. The Morgan fingerprint density at radius 3 is 2.71 bits per heavy atom. The van der Waals surface area contributed by atoms with Gasteiger partial charge in [-0.05, 0) is 12.1 Å². The highest BCUT2D eigenvalue weighted by Crippen LogP contribution is 2.37. The van der Waals surface area contributed by atoms with Gasteiger partial charge in [-0.1, -0.05) is 0 Å². The normalized spacial score (nSPS) is 18.2. The van der Waals surface area contributed by atoms with Crippen LogP contribution in [0.5, 0.6) is 11.5 Å². The Hall–Kier alpha value is -1.73. The van der Waals surface area contributed by atoms with Gasteiger partial charge in [-0.25, -0.2) is 4.90 Å². The van der Waals surface area contributed by atoms with Crippen molar-refractivity contribution in [2.75, 3.05) is 31.4 Å². The van der Waals surface area contributed by atoms with E-state index >= 15 is 0 Å². The summed E-state index contributed by atoms with van der Waals surface area (Å²) in [5, 5.41) is -0.368. The van der Waals surface area contributed by atoms with E-state index in [1.54, 1.807) is 25.3 Å². The van der Waals surface area contributed by atoms with E-state index in [0.717, 1.165) is 0 Å². The molecular formula is C14H18N2O4S. The Bertz CT molecular complexity index is 550. The SMILES string of the molecule is COc1ccc(N2C(=O)CC(SCCN)C2=O)c(OC)c1. The Morgan fingerprint density at radius 2 is 2.10 bits per heavy atom. The van der Waals surface area contributed by atoms with Crippen molar-refractivity contribution in [3.05, 3.63) is 18.2 Å². The molecule has 0 spiro atoms. The van der Waals surface area contributed by atoms with E-state index in [-0.39, 0.29) is 23.5 Å². The van der Waals surface area contributed by atoms with Crippen molar-refractivity contribution < 1.29 is 19.1 Å². The molecule has 114 valence electrons. The summed E-state index contributed by atoms with van der Waals surface area (Å²) in [6, 6.07) is 5.00. The van der Waals surface area contributed by atoms with Crippen LogP contribution in [-0.2, 0) is 9.59 Å². The zero-order valence-corrected chi connectivity index (χ0v) is 12.8. The molecule has 0 bridgehead atoms. The molecule has 2 N–H and O–H groups in total. The van der Waals surface area contributed by atoms with Crippen molar-refractivity contribution in [2.24, 2.45) is 5.73 Å². The summed E-state index contributed by atoms with van der Waals surface area (Å²) in [6.07, 6.45) is 0.193. The van der Waals surface area contributed by atoms with Crippen LogP contribution in [0.25, 0.3) is 0 Å². The van der Waals surface area contributed by atoms with Crippen LogP contribution in [0.15, 0.2) is 18.2 Å². The molecule has 2 amide bonds. The molecule has 0 saturated carbocycles. The number of nitrogens with two attached hydrogens (primary N) is 1. The lowest BCUT2D eigenvalue weighted by atomic mass is 10.2. The van der Waals surface area contributed by atoms with Gasteiger partial charge in [0.2, 0.25) is 11.8 Å². The molecule has 7 heteroatoms. The number of imide groups is 1. The number of ether oxygens (including phenoxy) is 2. The van der Waals surface area contributed by atoms with Crippen molar-refractivity contribution in [2.45, 2.75) is 11.7 Å². The van der Waals surface area contributed by atoms with Crippen molar-refractivity contribution in [3.8, 4) is 11.5 Å². The monoisotopic (exact) mass is 310 g/mol. The standard InChI is InChI=1S/C14H18N2O4S/c1-19-9-3-4-10(11(7-9)20-2)16-13(17)8-12(14(16)18)21-6-5-15/h3-4,7,12H,5-6,8,15H2,1-2H3. The fourth-order valence-electron chi connectivity index (χ4n) is 2.17. The van der Waals surface area contributed by atoms with Crippen molar-refractivity contribution in [3.63, 3.8) is 0 Å². The molecular weight excluding hydrogens is 292 g/mol. The number of thioether (sulfide) groups is 1. The van der Waals surface area contributed by atoms with E-state index in [2.05, 4.69) is 0 Å². The number of carbonyl (C=O) groups is 2. The van der Waals surface area contributed by atoms with Crippen LogP contribution in [-0.4, -0.2) is 43.6 Å². The maximum atomic E-state index is 12.4. The number of methoxy groups -OCH3 is 2. The van der Waals surface area contributed by atoms with Crippen LogP contribution in [0.1, 0.15) is 6.42 Å². The zero-order chi connectivity index (χ0) is 15.4. The molecule has 1 fully saturated rings. The molecule has 1 aromatic rings. The average molecular weight is 310 g/mol. The van der Waals surface area contributed by atoms with Gasteiger partial charge in [0.25, 0.3) is 0 Å². The molecule has 2 rings (SSSR count). The average Bonchev–Trinajstić information content (AvgIpc) is 2.78. The Balaban J connectivity index is 2.29. The molecule has 1 aliphatic heterocycles. The first-order valence-corrected chi connectivity index (χ1v) is 7.57. The Kier molecular flexibility index (Phi) is 5.08. The zero-order valence-electron chi connectivity index (χ0n) is 12.0. The van der Waals surface area contributed by atoms with Crippen LogP contribution in [0.3, 0.4) is 0 Å². The number of benzene rings is 1. The minimum Gasteiger partial charge on any atom is -0.497 e. The molecule has 1 heterocycles. The van der Waals surface area contributed by atoms with E-state index in [1.807, 2.05) is 0 Å². The Morgan fingerprint density at radius 1 is 1.33 bits per heavy atom. The minimum atomic E-state index is -0.368. The van der Waals surface area contributed by atoms with Gasteiger partial charge in [0.05, 0.1) is 25.2 Å². The lowest BCUT2D eigenvalue weighted by Crippen LogP contribution is -2.31. The molecule has 0 aliphatic carbocycles. The molecule has 0 radical (unpaired) electrons. The maximum Gasteiger partial charge on any atom is 0.247 e. The quantitative estimate of drug-likeness (QED) is 0.790. The van der Waals surface area contributed by atoms with Gasteiger partial charge >= 0.3 is 0 Å². The molecule has 1 atom stereocenters. The third-order valence-corrected chi connectivity index (χ3v) is 4.41. The van der Waals surface area contributed by atoms with Gasteiger partial charge < -0.3 is 15.2 Å². The first kappa shape index (κ1) is 15.7. The Labute approximate surface area is 127 Å². The predicted molar refractivity (Wildman–Crippen MR) is 82.0 cm³/mol. The summed E-state index contributed by atoms with van der Waals surface area (Å²) in [5.41, 5.74) is 5.89. The highest BCUT2D eigenvalue weighted by atomic mass is 32.2. The van der Waals surface area contributed by atoms with Crippen LogP contribution in [0.2, 0.25) is 0 Å². The van der Waals surface area contributed by atoms with Crippen LogP contribution < -0.4 is 20.1 Å². The summed E-state index contributed by atoms with van der Waals surface area (Å²) in [4.78, 5) is 25.7. The molecule has 0 aromatic heterocycles. The highest BCUT2D eigenvalue weighted by molar-refractivity contribution is 8.00. The van der Waals surface area contributed by atoms with E-state index in [9.17, 15) is 9.59 Å². The maximum absolute atomic E-state index is 12.4. The molecule has 6 nitrogen and oxygen atoms in total. The lowest BCUT2D eigenvalue weighted by Gasteiger charge is -2.18. The molecule has 1 aromatic carbocycles. The topological polar surface area (TPSA) is 81.9 Å². The van der Waals surface area contributed by atoms with Crippen LogP contribution in [0.4, 0.5) is 5.69 Å². The van der Waals surface area contributed by atoms with Crippen LogP contribution >= 0.6 is 11.8 Å². The second-order valence-corrected chi connectivity index (χ2v) is 5.77. The first-order valence-electron chi connectivity index (χ1n) is 6.52. The molecule has 1 saturated heterocycles. The largest absolute Gasteiger partial charge is 0.497 e. The lowest BCUT2D eigenvalue weighted by molar-refractivity contribution is -0.121. The van der Waals surface area contributed by atoms with Crippen molar-refractivity contribution >= 4 is 29.3 Å². The van der Waals surface area contributed by atoms with Crippen LogP contribution in [0, 0.1) is 0 Å². The van der Waals surface area contributed by atoms with Gasteiger partial charge in [-0.15, -0.1) is 11.8 Å². The third-order valence-electron chi connectivity index (χ3n) is 3.17. The second kappa shape index (κ2) is 6.82. The van der Waals surface area contributed by atoms with E-state index < -0.39 is 0 Å². The van der Waals surface area contributed by atoms with Crippen molar-refractivity contribution in [1.82, 2.24) is 0 Å². The summed E-state index contributed by atoms with van der Waals surface area (Å²) in [7, 11) is 3.03. The summed E-state index contributed by atoms with van der Waals surface area (Å²) in [6.45, 7) is 0.481. The second-order valence-electron chi connectivity index (χ2n) is 4.46. The number of carbonyl (C=O) groups excluding carboxylic acids is 2. The van der Waals surface area contributed by atoms with E-state index in [1.165, 1.54) is 23.8 Å². The van der Waals surface area contributed by atoms with E-state index in [0.29, 0.717) is 29.5 Å². The number of hydrogen-bond acceptors (Lipinski definition) is 6. The fourth-order valence-corrected chi connectivity index (χ4v) is 3.10. The number of anilines is 1. The summed E-state index contributed by atoms with van der Waals surface area (Å²) < 4.78 is 10.4. The number of hydrogen-bond donors (Lipinski definition) is 1. The number of amides is 2. The highest BCUT2D eigenvalue weighted by Gasteiger charge is 2.40. The van der Waals surface area contributed by atoms with Gasteiger partial charge in [0.1, 0.15) is 11.5 Å². The third kappa shape index (κ3) is 3.14. The fraction of sp³-hybridized carbons (Fsp3) is 0.429. The van der Waals surface area contributed by atoms with Crippen molar-refractivity contribution in [1.29, 1.82) is 0 Å². The minimum absolute atomic E-state index is 0.193. The molecule has 1 unspecified atom stereocenters. The number of nitrogens with zero attached hydrogens (tertiary/aromatic N) is 1. The summed E-state index contributed by atoms with van der Waals surface area (Å²) in [5.74, 6) is 1.24. The van der Waals surface area contributed by atoms with Gasteiger partial charge in [0, 0.05) is 24.8 Å². The predicted octanol–water partition coefficient (Wildman–Crippen LogP) is 1.03. The van der Waals surface area contributed by atoms with E-state index in [4.69, 9.17) is 15.2 Å². The first-order chi connectivity index (χ1) is 10.1. The van der Waals surface area contributed by atoms with Gasteiger partial charge in [-0.3, -0.25) is 9.59 Å². The summed E-state index contributed by atoms with van der Waals surface area (Å²) >= 11 is 1.41. The molecule has 1 aliphatic rings.